The zero-order chi connectivity index (χ0) is 11.8. The average molecular weight is 307 g/mol. The lowest BCUT2D eigenvalue weighted by Crippen LogP contribution is -2.29. The topological polar surface area (TPSA) is 70.5 Å². The lowest BCUT2D eigenvalue weighted by molar-refractivity contribution is 0.189. The molecule has 7 heteroatoms. The Balaban J connectivity index is 2.32. The molecule has 0 aromatic carbocycles. The van der Waals surface area contributed by atoms with Gasteiger partial charge in [-0.3, -0.25) is 4.98 Å². The minimum absolute atomic E-state index is 0.149. The number of halogens is 1. The van der Waals surface area contributed by atoms with Crippen LogP contribution in [0.3, 0.4) is 0 Å². The Kier molecular flexibility index (Phi) is 3.29. The molecule has 0 amide bonds. The number of aromatic nitrogens is 1. The molecule has 2 heterocycles. The van der Waals surface area contributed by atoms with Gasteiger partial charge in [0.25, 0.3) is 0 Å². The quantitative estimate of drug-likeness (QED) is 0.868. The number of pyridine rings is 1. The molecule has 0 spiro atoms. The number of rotatable bonds is 2. The van der Waals surface area contributed by atoms with Crippen LogP contribution in [0, 0.1) is 0 Å². The highest BCUT2D eigenvalue weighted by molar-refractivity contribution is 9.10. The van der Waals surface area contributed by atoms with Crippen LogP contribution in [0.5, 0.6) is 0 Å². The Bertz CT molecular complexity index is 491. The van der Waals surface area contributed by atoms with Crippen molar-refractivity contribution in [3.8, 4) is 0 Å². The highest BCUT2D eigenvalue weighted by Gasteiger charge is 2.31. The van der Waals surface area contributed by atoms with Crippen LogP contribution in [0.4, 0.5) is 0 Å². The highest BCUT2D eigenvalue weighted by atomic mass is 79.9. The number of hydrogen-bond donors (Lipinski definition) is 1. The summed E-state index contributed by atoms with van der Waals surface area (Å²) in [4.78, 5) is 3.97. The van der Waals surface area contributed by atoms with E-state index in [-0.39, 0.29) is 11.4 Å². The second-order valence-electron chi connectivity index (χ2n) is 3.64. The van der Waals surface area contributed by atoms with Crippen molar-refractivity contribution < 1.29 is 13.5 Å². The summed E-state index contributed by atoms with van der Waals surface area (Å²) in [6.45, 7) is 0.519. The van der Waals surface area contributed by atoms with E-state index in [1.54, 1.807) is 0 Å². The van der Waals surface area contributed by atoms with Gasteiger partial charge in [0.05, 0.1) is 6.10 Å². The number of β-amino-alcohol motifs (C(OH)–C–C–N with tert-alkyl or cyclic N) is 1. The first-order chi connectivity index (χ1) is 7.50. The molecule has 1 aliphatic heterocycles. The van der Waals surface area contributed by atoms with Crippen LogP contribution in [0.25, 0.3) is 0 Å². The molecule has 1 N–H and O–H groups in total. The van der Waals surface area contributed by atoms with E-state index in [4.69, 9.17) is 0 Å². The molecule has 16 heavy (non-hydrogen) atoms. The first-order valence-electron chi connectivity index (χ1n) is 4.79. The molecule has 1 aliphatic rings. The fourth-order valence-electron chi connectivity index (χ4n) is 1.61. The monoisotopic (exact) mass is 306 g/mol. The van der Waals surface area contributed by atoms with E-state index in [0.717, 1.165) is 0 Å². The van der Waals surface area contributed by atoms with E-state index >= 15 is 0 Å². The summed E-state index contributed by atoms with van der Waals surface area (Å²) >= 11 is 3.18. The smallest absolute Gasteiger partial charge is 0.244 e. The third kappa shape index (κ3) is 2.27. The van der Waals surface area contributed by atoms with Gasteiger partial charge in [0.15, 0.2) is 0 Å². The number of aliphatic hydroxyl groups is 1. The second-order valence-corrected chi connectivity index (χ2v) is 6.50. The molecule has 0 radical (unpaired) electrons. The van der Waals surface area contributed by atoms with Crippen LogP contribution < -0.4 is 0 Å². The van der Waals surface area contributed by atoms with Gasteiger partial charge >= 0.3 is 0 Å². The molecule has 5 nitrogen and oxygen atoms in total. The molecule has 0 saturated carbocycles. The van der Waals surface area contributed by atoms with Crippen LogP contribution in [-0.4, -0.2) is 42.0 Å². The van der Waals surface area contributed by atoms with Crippen LogP contribution in [0.1, 0.15) is 6.42 Å². The van der Waals surface area contributed by atoms with Crippen molar-refractivity contribution in [2.24, 2.45) is 0 Å². The van der Waals surface area contributed by atoms with Gasteiger partial charge < -0.3 is 5.11 Å². The van der Waals surface area contributed by atoms with E-state index in [1.165, 1.54) is 22.8 Å². The van der Waals surface area contributed by atoms with Gasteiger partial charge in [0.2, 0.25) is 10.0 Å². The molecule has 88 valence electrons. The van der Waals surface area contributed by atoms with Gasteiger partial charge in [-0.1, -0.05) is 0 Å². The van der Waals surface area contributed by atoms with E-state index < -0.39 is 16.1 Å². The number of aliphatic hydroxyl groups excluding tert-OH is 1. The van der Waals surface area contributed by atoms with Gasteiger partial charge in [0.1, 0.15) is 4.90 Å². The van der Waals surface area contributed by atoms with E-state index in [9.17, 15) is 13.5 Å². The molecule has 1 saturated heterocycles. The van der Waals surface area contributed by atoms with Gasteiger partial charge in [0, 0.05) is 30.0 Å². The van der Waals surface area contributed by atoms with Crippen molar-refractivity contribution in [1.82, 2.24) is 9.29 Å². The summed E-state index contributed by atoms with van der Waals surface area (Å²) in [6, 6.07) is 1.51. The predicted molar refractivity (Wildman–Crippen MR) is 61.3 cm³/mol. The number of nitrogens with zero attached hydrogens (tertiary/aromatic N) is 2. The molecule has 1 aromatic rings. The largest absolute Gasteiger partial charge is 0.392 e. The Morgan fingerprint density at radius 1 is 1.50 bits per heavy atom. The maximum Gasteiger partial charge on any atom is 0.244 e. The first kappa shape index (κ1) is 12.0. The van der Waals surface area contributed by atoms with Gasteiger partial charge in [-0.25, -0.2) is 8.42 Å². The fourth-order valence-corrected chi connectivity index (χ4v) is 3.61. The molecule has 0 bridgehead atoms. The van der Waals surface area contributed by atoms with Crippen molar-refractivity contribution in [2.45, 2.75) is 17.4 Å². The molecule has 1 unspecified atom stereocenters. The van der Waals surface area contributed by atoms with Crippen LogP contribution in [0.15, 0.2) is 27.8 Å². The molecule has 1 atom stereocenters. The molecular weight excluding hydrogens is 296 g/mol. The van der Waals surface area contributed by atoms with E-state index in [2.05, 4.69) is 20.9 Å². The van der Waals surface area contributed by atoms with Crippen LogP contribution in [-0.2, 0) is 10.0 Å². The Labute approximate surface area is 102 Å². The van der Waals surface area contributed by atoms with Gasteiger partial charge in [-0.05, 0) is 28.4 Å². The van der Waals surface area contributed by atoms with Crippen molar-refractivity contribution in [2.75, 3.05) is 13.1 Å². The molecule has 1 fully saturated rings. The maximum absolute atomic E-state index is 12.1. The van der Waals surface area contributed by atoms with E-state index in [1.807, 2.05) is 0 Å². The normalized spacial score (nSPS) is 22.5. The zero-order valence-corrected chi connectivity index (χ0v) is 10.8. The van der Waals surface area contributed by atoms with E-state index in [0.29, 0.717) is 17.4 Å². The summed E-state index contributed by atoms with van der Waals surface area (Å²) in [6.07, 6.45) is 2.76. The minimum atomic E-state index is -3.51. The summed E-state index contributed by atoms with van der Waals surface area (Å²) in [5, 5.41) is 9.33. The molecule has 0 aliphatic carbocycles. The van der Waals surface area contributed by atoms with Crippen molar-refractivity contribution >= 4 is 26.0 Å². The Morgan fingerprint density at radius 3 is 2.81 bits per heavy atom. The molecule has 2 rings (SSSR count). The number of hydrogen-bond acceptors (Lipinski definition) is 4. The minimum Gasteiger partial charge on any atom is -0.392 e. The van der Waals surface area contributed by atoms with Gasteiger partial charge in [-0.2, -0.15) is 4.31 Å². The Hall–Kier alpha value is -0.500. The van der Waals surface area contributed by atoms with Crippen molar-refractivity contribution in [3.63, 3.8) is 0 Å². The highest BCUT2D eigenvalue weighted by Crippen LogP contribution is 2.22. The van der Waals surface area contributed by atoms with Gasteiger partial charge in [-0.15, -0.1) is 0 Å². The number of sulfonamides is 1. The summed E-state index contributed by atoms with van der Waals surface area (Å²) in [5.41, 5.74) is 0. The fraction of sp³-hybridized carbons (Fsp3) is 0.444. The molecular formula is C9H11BrN2O3S. The second kappa shape index (κ2) is 4.40. The van der Waals surface area contributed by atoms with Crippen molar-refractivity contribution in [3.05, 3.63) is 22.9 Å². The average Bonchev–Trinajstić information content (AvgIpc) is 2.65. The third-order valence-corrected chi connectivity index (χ3v) is 4.71. The zero-order valence-electron chi connectivity index (χ0n) is 8.38. The lowest BCUT2D eigenvalue weighted by Gasteiger charge is -2.15. The lowest BCUT2D eigenvalue weighted by atomic mass is 10.3. The predicted octanol–water partition coefficient (Wildman–Crippen LogP) is 0.599. The summed E-state index contributed by atoms with van der Waals surface area (Å²) in [5.74, 6) is 0. The third-order valence-electron chi connectivity index (χ3n) is 2.44. The summed E-state index contributed by atoms with van der Waals surface area (Å²) < 4.78 is 26.1. The van der Waals surface area contributed by atoms with Crippen molar-refractivity contribution in [1.29, 1.82) is 0 Å². The van der Waals surface area contributed by atoms with Crippen LogP contribution in [0.2, 0.25) is 0 Å². The Morgan fingerprint density at radius 2 is 2.25 bits per heavy atom. The first-order valence-corrected chi connectivity index (χ1v) is 7.02. The molecule has 1 aromatic heterocycles. The maximum atomic E-state index is 12.1. The standard InChI is InChI=1S/C9H11BrN2O3S/c10-7-3-9(5-11-4-7)16(14,15)12-2-1-8(13)6-12/h3-5,8,13H,1-2,6H2. The SMILES string of the molecule is O=S(=O)(c1cncc(Br)c1)N1CCC(O)C1. The van der Waals surface area contributed by atoms with Crippen LogP contribution >= 0.6 is 15.9 Å². The summed E-state index contributed by atoms with van der Waals surface area (Å²) in [7, 11) is -3.51.